The van der Waals surface area contributed by atoms with Gasteiger partial charge in [-0.25, -0.2) is 0 Å². The van der Waals surface area contributed by atoms with E-state index in [0.29, 0.717) is 11.3 Å². The Balaban J connectivity index is 1.28. The summed E-state index contributed by atoms with van der Waals surface area (Å²) in [6.07, 6.45) is 8.43. The zero-order valence-electron chi connectivity index (χ0n) is 19.2. The number of allylic oxidation sites excluding steroid dienone is 2. The van der Waals surface area contributed by atoms with Gasteiger partial charge in [0.15, 0.2) is 5.82 Å². The molecule has 3 aromatic rings. The van der Waals surface area contributed by atoms with Gasteiger partial charge < -0.3 is 9.42 Å². The summed E-state index contributed by atoms with van der Waals surface area (Å²) in [5, 5.41) is 13.2. The quantitative estimate of drug-likeness (QED) is 0.511. The van der Waals surface area contributed by atoms with Crippen LogP contribution >= 0.6 is 0 Å². The minimum atomic E-state index is 0.306. The lowest BCUT2D eigenvalue weighted by Crippen LogP contribution is -2.42. The van der Waals surface area contributed by atoms with Gasteiger partial charge >= 0.3 is 0 Å². The van der Waals surface area contributed by atoms with Crippen molar-refractivity contribution >= 4 is 11.4 Å². The third kappa shape index (κ3) is 3.26. The molecular formula is C27H30N4O. The molecule has 1 saturated carbocycles. The van der Waals surface area contributed by atoms with Crippen LogP contribution in [0.2, 0.25) is 0 Å². The predicted octanol–water partition coefficient (Wildman–Crippen LogP) is 6.01. The molecule has 5 nitrogen and oxygen atoms in total. The molecule has 1 saturated heterocycles. The third-order valence-electron chi connectivity index (χ3n) is 7.60. The van der Waals surface area contributed by atoms with Crippen molar-refractivity contribution in [2.45, 2.75) is 58.8 Å². The van der Waals surface area contributed by atoms with E-state index < -0.39 is 0 Å². The molecule has 3 aliphatic rings. The van der Waals surface area contributed by atoms with Crippen molar-refractivity contribution in [3.8, 4) is 11.3 Å². The Bertz CT molecular complexity index is 1170. The molecule has 1 aliphatic heterocycles. The summed E-state index contributed by atoms with van der Waals surface area (Å²) in [7, 11) is 0. The minimum Gasteiger partial charge on any atom is -0.360 e. The molecule has 164 valence electrons. The highest BCUT2D eigenvalue weighted by Crippen LogP contribution is 2.55. The Hall–Kier alpha value is -2.95. The zero-order valence-corrected chi connectivity index (χ0v) is 19.2. The summed E-state index contributed by atoms with van der Waals surface area (Å²) in [5.74, 6) is 2.67. The average molecular weight is 427 g/mol. The molecule has 0 atom stereocenters. The fourth-order valence-electron chi connectivity index (χ4n) is 5.54. The van der Waals surface area contributed by atoms with Gasteiger partial charge in [-0.15, -0.1) is 5.10 Å². The van der Waals surface area contributed by atoms with Crippen LogP contribution in [-0.2, 0) is 0 Å². The lowest BCUT2D eigenvalue weighted by Gasteiger charge is -2.46. The van der Waals surface area contributed by atoms with Gasteiger partial charge in [-0.1, -0.05) is 29.4 Å². The second-order valence-electron chi connectivity index (χ2n) is 10.0. The van der Waals surface area contributed by atoms with Crippen LogP contribution < -0.4 is 4.90 Å². The van der Waals surface area contributed by atoms with Crippen LogP contribution in [0.5, 0.6) is 0 Å². The van der Waals surface area contributed by atoms with E-state index >= 15 is 0 Å². The molecule has 3 heterocycles. The number of piperidine rings is 1. The largest absolute Gasteiger partial charge is 0.360 e. The molecule has 6 rings (SSSR count). The molecule has 5 heteroatoms. The SMILES string of the molecule is Cc1ccc(N2CCC3(C=C(c4c(-c5c(C)cccc5C)noc4C4CC4)C3)CC2)nn1. The number of anilines is 1. The van der Waals surface area contributed by atoms with E-state index in [1.54, 1.807) is 0 Å². The molecule has 0 bridgehead atoms. The van der Waals surface area contributed by atoms with Gasteiger partial charge in [-0.05, 0) is 87.1 Å². The molecule has 0 N–H and O–H groups in total. The van der Waals surface area contributed by atoms with Gasteiger partial charge in [0.25, 0.3) is 0 Å². The smallest absolute Gasteiger partial charge is 0.151 e. The van der Waals surface area contributed by atoms with E-state index in [0.717, 1.165) is 55.3 Å². The molecule has 1 aromatic carbocycles. The molecule has 1 spiro atoms. The average Bonchev–Trinajstić information content (AvgIpc) is 3.53. The first-order valence-electron chi connectivity index (χ1n) is 11.9. The summed E-state index contributed by atoms with van der Waals surface area (Å²) < 4.78 is 5.99. The van der Waals surface area contributed by atoms with Gasteiger partial charge in [0.1, 0.15) is 11.5 Å². The van der Waals surface area contributed by atoms with Crippen molar-refractivity contribution in [1.82, 2.24) is 15.4 Å². The summed E-state index contributed by atoms with van der Waals surface area (Å²) in [6, 6.07) is 10.6. The summed E-state index contributed by atoms with van der Waals surface area (Å²) >= 11 is 0. The maximum atomic E-state index is 5.99. The number of benzene rings is 1. The number of hydrogen-bond acceptors (Lipinski definition) is 5. The van der Waals surface area contributed by atoms with Gasteiger partial charge in [0, 0.05) is 30.1 Å². The monoisotopic (exact) mass is 426 g/mol. The summed E-state index contributed by atoms with van der Waals surface area (Å²) in [4.78, 5) is 2.38. The fourth-order valence-corrected chi connectivity index (χ4v) is 5.54. The Morgan fingerprint density at radius 3 is 2.28 bits per heavy atom. The van der Waals surface area contributed by atoms with Crippen LogP contribution in [0.1, 0.15) is 66.2 Å². The van der Waals surface area contributed by atoms with Gasteiger partial charge in [-0.2, -0.15) is 5.10 Å². The summed E-state index contributed by atoms with van der Waals surface area (Å²) in [5.41, 5.74) is 8.84. The molecule has 2 aromatic heterocycles. The van der Waals surface area contributed by atoms with Crippen LogP contribution in [0.3, 0.4) is 0 Å². The minimum absolute atomic E-state index is 0.306. The lowest BCUT2D eigenvalue weighted by molar-refractivity contribution is 0.276. The molecule has 2 aliphatic carbocycles. The Labute approximate surface area is 189 Å². The number of aryl methyl sites for hydroxylation is 3. The molecular weight excluding hydrogens is 396 g/mol. The number of rotatable bonds is 4. The van der Waals surface area contributed by atoms with Crippen molar-refractivity contribution in [3.63, 3.8) is 0 Å². The van der Waals surface area contributed by atoms with E-state index in [4.69, 9.17) is 4.52 Å². The maximum absolute atomic E-state index is 5.99. The Morgan fingerprint density at radius 1 is 0.938 bits per heavy atom. The number of nitrogens with zero attached hydrogens (tertiary/aromatic N) is 4. The van der Waals surface area contributed by atoms with Crippen LogP contribution in [0.4, 0.5) is 5.82 Å². The summed E-state index contributed by atoms with van der Waals surface area (Å²) in [6.45, 7) is 8.40. The van der Waals surface area contributed by atoms with Crippen molar-refractivity contribution in [2.24, 2.45) is 5.41 Å². The molecule has 2 fully saturated rings. The first-order valence-corrected chi connectivity index (χ1v) is 11.9. The van der Waals surface area contributed by atoms with Gasteiger partial charge in [0.05, 0.1) is 5.69 Å². The van der Waals surface area contributed by atoms with Crippen molar-refractivity contribution in [2.75, 3.05) is 18.0 Å². The molecule has 0 radical (unpaired) electrons. The first kappa shape index (κ1) is 19.7. The van der Waals surface area contributed by atoms with E-state index in [1.807, 2.05) is 6.92 Å². The predicted molar refractivity (Wildman–Crippen MR) is 127 cm³/mol. The fraction of sp³-hybridized carbons (Fsp3) is 0.444. The van der Waals surface area contributed by atoms with E-state index in [2.05, 4.69) is 70.5 Å². The van der Waals surface area contributed by atoms with Crippen molar-refractivity contribution in [1.29, 1.82) is 0 Å². The van der Waals surface area contributed by atoms with E-state index in [1.165, 1.54) is 40.7 Å². The van der Waals surface area contributed by atoms with Crippen LogP contribution in [0, 0.1) is 26.2 Å². The van der Waals surface area contributed by atoms with Crippen LogP contribution in [0.15, 0.2) is 40.9 Å². The highest BCUT2D eigenvalue weighted by molar-refractivity contribution is 5.86. The zero-order chi connectivity index (χ0) is 21.9. The Morgan fingerprint density at radius 2 is 1.66 bits per heavy atom. The van der Waals surface area contributed by atoms with Gasteiger partial charge in [0.2, 0.25) is 0 Å². The Kier molecular flexibility index (Phi) is 4.49. The molecule has 0 unspecified atom stereocenters. The standard InChI is InChI=1S/C27H30N4O/c1-17-5-4-6-18(2)23(17)25-24(26(32-30-25)20-8-9-20)21-15-27(16-21)11-13-31(14-12-27)22-10-7-19(3)28-29-22/h4-7,10,15,20H,8-9,11-14,16H2,1-3H3. The van der Waals surface area contributed by atoms with Crippen LogP contribution in [0.25, 0.3) is 16.8 Å². The second-order valence-corrected chi connectivity index (χ2v) is 10.0. The van der Waals surface area contributed by atoms with E-state index in [-0.39, 0.29) is 0 Å². The second kappa shape index (κ2) is 7.29. The first-order chi connectivity index (χ1) is 15.5. The third-order valence-corrected chi connectivity index (χ3v) is 7.60. The van der Waals surface area contributed by atoms with Gasteiger partial charge in [-0.3, -0.25) is 0 Å². The van der Waals surface area contributed by atoms with Crippen molar-refractivity contribution in [3.05, 3.63) is 64.6 Å². The maximum Gasteiger partial charge on any atom is 0.151 e. The molecule has 0 amide bonds. The molecule has 32 heavy (non-hydrogen) atoms. The number of hydrogen-bond donors (Lipinski definition) is 0. The van der Waals surface area contributed by atoms with Crippen LogP contribution in [-0.4, -0.2) is 28.4 Å². The topological polar surface area (TPSA) is 55.1 Å². The normalized spacial score (nSPS) is 19.7. The lowest BCUT2D eigenvalue weighted by atomic mass is 9.63. The number of aromatic nitrogens is 3. The van der Waals surface area contributed by atoms with Crippen molar-refractivity contribution < 1.29 is 4.52 Å². The highest BCUT2D eigenvalue weighted by Gasteiger charge is 2.44. The highest BCUT2D eigenvalue weighted by atomic mass is 16.5. The van der Waals surface area contributed by atoms with E-state index in [9.17, 15) is 0 Å².